The molecular formula is C19H19BrN2O6. The lowest BCUT2D eigenvalue weighted by molar-refractivity contribution is -0.124. The Morgan fingerprint density at radius 3 is 2.54 bits per heavy atom. The lowest BCUT2D eigenvalue weighted by Gasteiger charge is -2.18. The zero-order valence-corrected chi connectivity index (χ0v) is 16.5. The smallest absolute Gasteiger partial charge is 0.412 e. The maximum absolute atomic E-state index is 12.3. The first-order chi connectivity index (χ1) is 13.4. The van der Waals surface area contributed by atoms with Crippen LogP contribution in [-0.4, -0.2) is 29.4 Å². The summed E-state index contributed by atoms with van der Waals surface area (Å²) in [5.74, 6) is -0.549. The molecule has 0 radical (unpaired) electrons. The number of hydrogen-bond donors (Lipinski definition) is 4. The van der Waals surface area contributed by atoms with Crippen LogP contribution in [0.4, 0.5) is 10.5 Å². The van der Waals surface area contributed by atoms with E-state index < -0.39 is 18.1 Å². The average Bonchev–Trinajstić information content (AvgIpc) is 2.68. The van der Waals surface area contributed by atoms with E-state index in [1.165, 1.54) is 30.8 Å². The van der Waals surface area contributed by atoms with E-state index >= 15 is 0 Å². The molecule has 0 aliphatic carbocycles. The fourth-order valence-corrected chi connectivity index (χ4v) is 2.57. The standard InChI is InChI=1S/C19H19BrN2O6/c1-27-17-10-5-12(11-15(17)23)16(3-2-4-18(24)22-26)28-19(25)21-14-8-6-13(20)7-9-14/h2,4-11,16,23,26H,3H2,1H3,(H,21,25)(H,22,24)/b4-2+/t16-/m0/s1. The minimum Gasteiger partial charge on any atom is -0.504 e. The highest BCUT2D eigenvalue weighted by molar-refractivity contribution is 9.10. The molecule has 1 atom stereocenters. The topological polar surface area (TPSA) is 117 Å². The number of ether oxygens (including phenoxy) is 2. The van der Waals surface area contributed by atoms with Gasteiger partial charge in [0.2, 0.25) is 0 Å². The molecule has 0 saturated carbocycles. The van der Waals surface area contributed by atoms with Crippen LogP contribution in [0, 0.1) is 0 Å². The Balaban J connectivity index is 2.15. The van der Waals surface area contributed by atoms with Crippen LogP contribution in [-0.2, 0) is 9.53 Å². The summed E-state index contributed by atoms with van der Waals surface area (Å²) in [4.78, 5) is 23.4. The first-order valence-corrected chi connectivity index (χ1v) is 8.93. The first-order valence-electron chi connectivity index (χ1n) is 8.13. The lowest BCUT2D eigenvalue weighted by Crippen LogP contribution is -2.18. The van der Waals surface area contributed by atoms with Crippen LogP contribution in [0.2, 0.25) is 0 Å². The molecule has 9 heteroatoms. The molecule has 4 N–H and O–H groups in total. The Labute approximate surface area is 169 Å². The van der Waals surface area contributed by atoms with Gasteiger partial charge in [0.05, 0.1) is 7.11 Å². The molecule has 2 aromatic carbocycles. The number of anilines is 1. The van der Waals surface area contributed by atoms with E-state index in [4.69, 9.17) is 14.7 Å². The molecule has 0 aliphatic rings. The third-order valence-corrected chi connectivity index (χ3v) is 4.17. The molecule has 0 spiro atoms. The van der Waals surface area contributed by atoms with Gasteiger partial charge in [-0.15, -0.1) is 0 Å². The van der Waals surface area contributed by atoms with Gasteiger partial charge in [0.1, 0.15) is 6.10 Å². The Morgan fingerprint density at radius 1 is 1.21 bits per heavy atom. The number of hydrogen-bond acceptors (Lipinski definition) is 6. The average molecular weight is 451 g/mol. The molecule has 2 rings (SSSR count). The van der Waals surface area contributed by atoms with E-state index in [1.54, 1.807) is 30.3 Å². The van der Waals surface area contributed by atoms with Gasteiger partial charge in [-0.25, -0.2) is 10.3 Å². The highest BCUT2D eigenvalue weighted by Crippen LogP contribution is 2.32. The molecule has 2 aromatic rings. The highest BCUT2D eigenvalue weighted by atomic mass is 79.9. The van der Waals surface area contributed by atoms with Crippen molar-refractivity contribution in [1.29, 1.82) is 0 Å². The van der Waals surface area contributed by atoms with E-state index in [0.29, 0.717) is 11.3 Å². The number of nitrogens with one attached hydrogen (secondary N) is 2. The largest absolute Gasteiger partial charge is 0.504 e. The number of carbonyl (C=O) groups excluding carboxylic acids is 2. The molecule has 0 fully saturated rings. The molecular weight excluding hydrogens is 432 g/mol. The number of amides is 2. The molecule has 0 heterocycles. The fourth-order valence-electron chi connectivity index (χ4n) is 2.31. The van der Waals surface area contributed by atoms with E-state index in [-0.39, 0.29) is 17.9 Å². The van der Waals surface area contributed by atoms with Crippen LogP contribution >= 0.6 is 15.9 Å². The SMILES string of the molecule is COc1ccc([C@H](C/C=C/C(=O)NO)OC(=O)Nc2ccc(Br)cc2)cc1O. The van der Waals surface area contributed by atoms with Crippen molar-refractivity contribution in [3.8, 4) is 11.5 Å². The predicted molar refractivity (Wildman–Crippen MR) is 105 cm³/mol. The third-order valence-electron chi connectivity index (χ3n) is 3.64. The fraction of sp³-hybridized carbons (Fsp3) is 0.158. The summed E-state index contributed by atoms with van der Waals surface area (Å²) in [6.45, 7) is 0. The Bertz CT molecular complexity index is 854. The van der Waals surface area contributed by atoms with Gasteiger partial charge in [-0.2, -0.15) is 0 Å². The van der Waals surface area contributed by atoms with Gasteiger partial charge in [-0.1, -0.05) is 28.1 Å². The number of aromatic hydroxyl groups is 1. The molecule has 0 aliphatic heterocycles. The van der Waals surface area contributed by atoms with Gasteiger partial charge >= 0.3 is 6.09 Å². The maximum atomic E-state index is 12.3. The maximum Gasteiger partial charge on any atom is 0.412 e. The van der Waals surface area contributed by atoms with Gasteiger partial charge in [0.15, 0.2) is 11.5 Å². The van der Waals surface area contributed by atoms with Crippen LogP contribution in [0.3, 0.4) is 0 Å². The Morgan fingerprint density at radius 2 is 1.93 bits per heavy atom. The summed E-state index contributed by atoms with van der Waals surface area (Å²) in [7, 11) is 1.42. The second kappa shape index (κ2) is 10.3. The van der Waals surface area contributed by atoms with Crippen LogP contribution in [0.5, 0.6) is 11.5 Å². The Hall–Kier alpha value is -3.04. The van der Waals surface area contributed by atoms with Crippen molar-refractivity contribution in [2.24, 2.45) is 0 Å². The molecule has 0 unspecified atom stereocenters. The van der Waals surface area contributed by atoms with Crippen LogP contribution in [0.1, 0.15) is 18.1 Å². The van der Waals surface area contributed by atoms with E-state index in [2.05, 4.69) is 21.2 Å². The van der Waals surface area contributed by atoms with Gasteiger partial charge in [-0.05, 0) is 42.0 Å². The minimum atomic E-state index is -0.796. The lowest BCUT2D eigenvalue weighted by atomic mass is 10.1. The van der Waals surface area contributed by atoms with Crippen molar-refractivity contribution in [2.75, 3.05) is 12.4 Å². The zero-order valence-electron chi connectivity index (χ0n) is 14.9. The number of halogens is 1. The van der Waals surface area contributed by atoms with E-state index in [1.807, 2.05) is 0 Å². The number of benzene rings is 2. The number of phenolic OH excluding ortho intramolecular Hbond substituents is 1. The van der Waals surface area contributed by atoms with Crippen LogP contribution < -0.4 is 15.5 Å². The quantitative estimate of drug-likeness (QED) is 0.288. The summed E-state index contributed by atoms with van der Waals surface area (Å²) in [5, 5.41) is 21.1. The van der Waals surface area contributed by atoms with Gasteiger partial charge in [0, 0.05) is 22.7 Å². The monoisotopic (exact) mass is 450 g/mol. The second-order valence-electron chi connectivity index (χ2n) is 5.57. The van der Waals surface area contributed by atoms with Gasteiger partial charge in [-0.3, -0.25) is 15.3 Å². The number of hydroxylamine groups is 1. The molecule has 28 heavy (non-hydrogen) atoms. The molecule has 0 bridgehead atoms. The summed E-state index contributed by atoms with van der Waals surface area (Å²) in [6, 6.07) is 11.5. The highest BCUT2D eigenvalue weighted by Gasteiger charge is 2.18. The van der Waals surface area contributed by atoms with Crippen LogP contribution in [0.25, 0.3) is 0 Å². The van der Waals surface area contributed by atoms with Crippen molar-refractivity contribution in [3.63, 3.8) is 0 Å². The summed E-state index contributed by atoms with van der Waals surface area (Å²) in [5.41, 5.74) is 2.51. The molecule has 0 aromatic heterocycles. The number of phenols is 1. The number of methoxy groups -OCH3 is 1. The van der Waals surface area contributed by atoms with Gasteiger partial charge < -0.3 is 14.6 Å². The normalized spacial score (nSPS) is 11.7. The molecule has 0 saturated heterocycles. The van der Waals surface area contributed by atoms with Gasteiger partial charge in [0.25, 0.3) is 5.91 Å². The van der Waals surface area contributed by atoms with E-state index in [0.717, 1.165) is 10.5 Å². The van der Waals surface area contributed by atoms with Crippen LogP contribution in [0.15, 0.2) is 59.1 Å². The van der Waals surface area contributed by atoms with E-state index in [9.17, 15) is 14.7 Å². The molecule has 2 amide bonds. The summed E-state index contributed by atoms with van der Waals surface area (Å²) < 4.78 is 11.3. The predicted octanol–water partition coefficient (Wildman–Crippen LogP) is 3.90. The van der Waals surface area contributed by atoms with Crippen molar-refractivity contribution in [2.45, 2.75) is 12.5 Å². The van der Waals surface area contributed by atoms with Crippen molar-refractivity contribution >= 4 is 33.6 Å². The third kappa shape index (κ3) is 6.29. The van der Waals surface area contributed by atoms with Crippen molar-refractivity contribution < 1.29 is 29.4 Å². The number of rotatable bonds is 7. The Kier molecular flexibility index (Phi) is 7.85. The zero-order chi connectivity index (χ0) is 20.5. The minimum absolute atomic E-state index is 0.112. The summed E-state index contributed by atoms with van der Waals surface area (Å²) >= 11 is 3.31. The molecule has 148 valence electrons. The van der Waals surface area contributed by atoms with Crippen molar-refractivity contribution in [1.82, 2.24) is 5.48 Å². The second-order valence-corrected chi connectivity index (χ2v) is 6.49. The first kappa shape index (κ1) is 21.3. The molecule has 8 nitrogen and oxygen atoms in total. The number of carbonyl (C=O) groups is 2. The van der Waals surface area contributed by atoms with Crippen molar-refractivity contribution in [3.05, 3.63) is 64.7 Å². The summed E-state index contributed by atoms with van der Waals surface area (Å²) in [6.07, 6.45) is 1.17.